The van der Waals surface area contributed by atoms with E-state index in [1.807, 2.05) is 13.0 Å². The van der Waals surface area contributed by atoms with Crippen LogP contribution in [-0.2, 0) is 23.1 Å². The fourth-order valence-electron chi connectivity index (χ4n) is 2.00. The van der Waals surface area contributed by atoms with E-state index in [1.165, 1.54) is 0 Å². The molecule has 2 aromatic rings. The van der Waals surface area contributed by atoms with Crippen molar-refractivity contribution in [3.63, 3.8) is 0 Å². The van der Waals surface area contributed by atoms with Crippen molar-refractivity contribution in [1.82, 2.24) is 4.72 Å². The normalized spacial score (nSPS) is 11.8. The van der Waals surface area contributed by atoms with E-state index >= 15 is 0 Å². The van der Waals surface area contributed by atoms with Gasteiger partial charge in [0.2, 0.25) is 10.0 Å². The van der Waals surface area contributed by atoms with Crippen LogP contribution in [-0.4, -0.2) is 8.42 Å². The molecule has 0 aliphatic rings. The summed E-state index contributed by atoms with van der Waals surface area (Å²) in [6, 6.07) is 8.64. The number of furan rings is 1. The molecule has 0 unspecified atom stereocenters. The fourth-order valence-corrected chi connectivity index (χ4v) is 3.28. The highest BCUT2D eigenvalue weighted by molar-refractivity contribution is 7.89. The molecule has 1 aromatic heterocycles. The van der Waals surface area contributed by atoms with Gasteiger partial charge >= 0.3 is 0 Å². The first-order valence-corrected chi connectivity index (χ1v) is 7.76. The maximum atomic E-state index is 12.3. The minimum atomic E-state index is -3.58. The Labute approximate surface area is 118 Å². The van der Waals surface area contributed by atoms with Crippen molar-refractivity contribution in [2.24, 2.45) is 5.73 Å². The van der Waals surface area contributed by atoms with Crippen molar-refractivity contribution in [3.8, 4) is 0 Å². The smallest absolute Gasteiger partial charge is 0.241 e. The van der Waals surface area contributed by atoms with Crippen molar-refractivity contribution in [1.29, 1.82) is 0 Å². The summed E-state index contributed by atoms with van der Waals surface area (Å²) in [7, 11) is -3.58. The van der Waals surface area contributed by atoms with E-state index in [9.17, 15) is 8.42 Å². The van der Waals surface area contributed by atoms with Gasteiger partial charge < -0.3 is 10.2 Å². The molecular formula is C14H18N2O3S. The standard InChI is InChI=1S/C14H18N2O3S/c1-10-6-7-13(19-10)9-16-20(17,18)14-5-3-4-12(8-15)11(14)2/h3-7,16H,8-9,15H2,1-2H3. The summed E-state index contributed by atoms with van der Waals surface area (Å²) >= 11 is 0. The number of hydrogen-bond acceptors (Lipinski definition) is 4. The van der Waals surface area contributed by atoms with Crippen LogP contribution < -0.4 is 10.5 Å². The minimum absolute atomic E-state index is 0.127. The lowest BCUT2D eigenvalue weighted by molar-refractivity contribution is 0.475. The van der Waals surface area contributed by atoms with E-state index in [1.54, 1.807) is 31.2 Å². The van der Waals surface area contributed by atoms with Crippen LogP contribution >= 0.6 is 0 Å². The maximum Gasteiger partial charge on any atom is 0.241 e. The van der Waals surface area contributed by atoms with Crippen LogP contribution in [0.1, 0.15) is 22.6 Å². The number of rotatable bonds is 5. The topological polar surface area (TPSA) is 85.3 Å². The summed E-state index contributed by atoms with van der Waals surface area (Å²) in [6.45, 7) is 4.01. The van der Waals surface area contributed by atoms with E-state index in [0.29, 0.717) is 17.9 Å². The van der Waals surface area contributed by atoms with Gasteiger partial charge in [-0.15, -0.1) is 0 Å². The van der Waals surface area contributed by atoms with Gasteiger partial charge in [-0.25, -0.2) is 13.1 Å². The first-order chi connectivity index (χ1) is 9.44. The number of aryl methyl sites for hydroxylation is 1. The molecule has 0 saturated carbocycles. The first kappa shape index (κ1) is 14.8. The number of nitrogens with two attached hydrogens (primary N) is 1. The maximum absolute atomic E-state index is 12.3. The third-order valence-electron chi connectivity index (χ3n) is 3.14. The largest absolute Gasteiger partial charge is 0.465 e. The average Bonchev–Trinajstić information content (AvgIpc) is 2.82. The summed E-state index contributed by atoms with van der Waals surface area (Å²) in [5.74, 6) is 1.33. The van der Waals surface area contributed by atoms with Gasteiger partial charge in [-0.2, -0.15) is 0 Å². The lowest BCUT2D eigenvalue weighted by Gasteiger charge is -2.11. The van der Waals surface area contributed by atoms with Crippen molar-refractivity contribution >= 4 is 10.0 Å². The molecule has 6 heteroatoms. The molecule has 108 valence electrons. The molecule has 0 spiro atoms. The molecule has 0 saturated heterocycles. The molecule has 0 amide bonds. The molecule has 5 nitrogen and oxygen atoms in total. The third-order valence-corrected chi connectivity index (χ3v) is 4.68. The van der Waals surface area contributed by atoms with Crippen LogP contribution in [0.5, 0.6) is 0 Å². The monoisotopic (exact) mass is 294 g/mol. The molecule has 20 heavy (non-hydrogen) atoms. The molecular weight excluding hydrogens is 276 g/mol. The second kappa shape index (κ2) is 5.78. The molecule has 0 atom stereocenters. The highest BCUT2D eigenvalue weighted by Crippen LogP contribution is 2.19. The van der Waals surface area contributed by atoms with Crippen LogP contribution in [0.25, 0.3) is 0 Å². The highest BCUT2D eigenvalue weighted by atomic mass is 32.2. The summed E-state index contributed by atoms with van der Waals surface area (Å²) in [6.07, 6.45) is 0. The zero-order chi connectivity index (χ0) is 14.8. The molecule has 0 radical (unpaired) electrons. The second-order valence-corrected chi connectivity index (χ2v) is 6.32. The predicted molar refractivity (Wildman–Crippen MR) is 76.5 cm³/mol. The number of sulfonamides is 1. The van der Waals surface area contributed by atoms with Crippen molar-refractivity contribution in [3.05, 3.63) is 53.0 Å². The molecule has 1 heterocycles. The molecule has 0 fully saturated rings. The second-order valence-electron chi connectivity index (χ2n) is 4.58. The zero-order valence-electron chi connectivity index (χ0n) is 11.5. The lowest BCUT2D eigenvalue weighted by Crippen LogP contribution is -2.24. The van der Waals surface area contributed by atoms with E-state index in [2.05, 4.69) is 4.72 Å². The van der Waals surface area contributed by atoms with Gasteiger partial charge in [-0.1, -0.05) is 12.1 Å². The van der Waals surface area contributed by atoms with Gasteiger partial charge in [-0.3, -0.25) is 0 Å². The lowest BCUT2D eigenvalue weighted by atomic mass is 10.1. The van der Waals surface area contributed by atoms with Gasteiger partial charge in [0.15, 0.2) is 0 Å². The van der Waals surface area contributed by atoms with Gasteiger partial charge in [0, 0.05) is 6.54 Å². The molecule has 1 aromatic carbocycles. The van der Waals surface area contributed by atoms with E-state index in [4.69, 9.17) is 10.2 Å². The van der Waals surface area contributed by atoms with E-state index < -0.39 is 10.0 Å². The Morgan fingerprint density at radius 3 is 2.55 bits per heavy atom. The summed E-state index contributed by atoms with van der Waals surface area (Å²) in [5, 5.41) is 0. The predicted octanol–water partition coefficient (Wildman–Crippen LogP) is 1.83. The zero-order valence-corrected chi connectivity index (χ0v) is 12.3. The quantitative estimate of drug-likeness (QED) is 0.881. The van der Waals surface area contributed by atoms with Gasteiger partial charge in [0.05, 0.1) is 11.4 Å². The molecule has 2 rings (SSSR count). The molecule has 3 N–H and O–H groups in total. The first-order valence-electron chi connectivity index (χ1n) is 6.27. The highest BCUT2D eigenvalue weighted by Gasteiger charge is 2.18. The van der Waals surface area contributed by atoms with Crippen LogP contribution in [0.3, 0.4) is 0 Å². The Bertz CT molecular complexity index is 705. The fraction of sp³-hybridized carbons (Fsp3) is 0.286. The molecule has 0 bridgehead atoms. The molecule has 0 aliphatic heterocycles. The van der Waals surface area contributed by atoms with E-state index in [-0.39, 0.29) is 11.4 Å². The van der Waals surface area contributed by atoms with Gasteiger partial charge in [0.1, 0.15) is 11.5 Å². The van der Waals surface area contributed by atoms with Crippen molar-refractivity contribution in [2.75, 3.05) is 0 Å². The Kier molecular flexibility index (Phi) is 4.27. The van der Waals surface area contributed by atoms with Gasteiger partial charge in [-0.05, 0) is 43.2 Å². The van der Waals surface area contributed by atoms with Crippen molar-refractivity contribution in [2.45, 2.75) is 31.8 Å². The van der Waals surface area contributed by atoms with Crippen LogP contribution in [0.2, 0.25) is 0 Å². The Hall–Kier alpha value is -1.63. The van der Waals surface area contributed by atoms with Crippen LogP contribution in [0, 0.1) is 13.8 Å². The van der Waals surface area contributed by atoms with Crippen LogP contribution in [0.15, 0.2) is 39.6 Å². The summed E-state index contributed by atoms with van der Waals surface area (Å²) in [5.41, 5.74) is 7.10. The van der Waals surface area contributed by atoms with Crippen LogP contribution in [0.4, 0.5) is 0 Å². The third kappa shape index (κ3) is 3.09. The SMILES string of the molecule is Cc1ccc(CNS(=O)(=O)c2cccc(CN)c2C)o1. The Balaban J connectivity index is 2.22. The Morgan fingerprint density at radius 2 is 1.95 bits per heavy atom. The Morgan fingerprint density at radius 1 is 1.20 bits per heavy atom. The average molecular weight is 294 g/mol. The van der Waals surface area contributed by atoms with Crippen molar-refractivity contribution < 1.29 is 12.8 Å². The minimum Gasteiger partial charge on any atom is -0.465 e. The number of nitrogens with one attached hydrogen (secondary N) is 1. The summed E-state index contributed by atoms with van der Waals surface area (Å²) in [4.78, 5) is 0.253. The molecule has 0 aliphatic carbocycles. The van der Waals surface area contributed by atoms with Gasteiger partial charge in [0.25, 0.3) is 0 Å². The van der Waals surface area contributed by atoms with E-state index in [0.717, 1.165) is 11.3 Å². The number of hydrogen-bond donors (Lipinski definition) is 2. The number of benzene rings is 1. The summed E-state index contributed by atoms with van der Waals surface area (Å²) < 4.78 is 32.5.